The van der Waals surface area contributed by atoms with Crippen LogP contribution in [0.2, 0.25) is 0 Å². The maximum absolute atomic E-state index is 2.59. The molecule has 1 aromatic carbocycles. The predicted molar refractivity (Wildman–Crippen MR) is 75.7 cm³/mol. The lowest BCUT2D eigenvalue weighted by Gasteiger charge is -2.59. The lowest BCUT2D eigenvalue weighted by atomic mass is 9.73. The SMILES string of the molecule is CC(C)c1cccc(CN2CC3(CN(C)C3)C2)c1. The van der Waals surface area contributed by atoms with Gasteiger partial charge in [-0.1, -0.05) is 38.1 Å². The van der Waals surface area contributed by atoms with E-state index in [0.29, 0.717) is 11.3 Å². The molecule has 0 aliphatic carbocycles. The van der Waals surface area contributed by atoms with Crippen LogP contribution in [0.4, 0.5) is 0 Å². The summed E-state index contributed by atoms with van der Waals surface area (Å²) in [6, 6.07) is 9.09. The van der Waals surface area contributed by atoms with Gasteiger partial charge in [0.05, 0.1) is 0 Å². The zero-order chi connectivity index (χ0) is 12.8. The van der Waals surface area contributed by atoms with Crippen molar-refractivity contribution in [2.45, 2.75) is 26.3 Å². The molecule has 0 radical (unpaired) electrons. The van der Waals surface area contributed by atoms with Crippen LogP contribution in [0.15, 0.2) is 24.3 Å². The summed E-state index contributed by atoms with van der Waals surface area (Å²) in [4.78, 5) is 5.02. The maximum Gasteiger partial charge on any atom is 0.0234 e. The molecule has 2 aliphatic heterocycles. The normalized spacial score (nSPS) is 23.1. The van der Waals surface area contributed by atoms with Crippen molar-refractivity contribution < 1.29 is 0 Å². The molecule has 2 heteroatoms. The first-order valence-electron chi connectivity index (χ1n) is 7.06. The van der Waals surface area contributed by atoms with Crippen molar-refractivity contribution in [2.75, 3.05) is 33.2 Å². The van der Waals surface area contributed by atoms with Crippen LogP contribution in [0, 0.1) is 5.41 Å². The van der Waals surface area contributed by atoms with Crippen LogP contribution in [0.3, 0.4) is 0 Å². The van der Waals surface area contributed by atoms with Crippen LogP contribution in [0.1, 0.15) is 30.9 Å². The van der Waals surface area contributed by atoms with E-state index in [1.807, 2.05) is 0 Å². The molecular weight excluding hydrogens is 220 g/mol. The van der Waals surface area contributed by atoms with E-state index in [1.165, 1.54) is 37.3 Å². The fourth-order valence-electron chi connectivity index (χ4n) is 3.62. The van der Waals surface area contributed by atoms with Gasteiger partial charge in [0, 0.05) is 38.1 Å². The van der Waals surface area contributed by atoms with Crippen molar-refractivity contribution >= 4 is 0 Å². The Bertz CT molecular complexity index is 424. The molecule has 0 saturated carbocycles. The smallest absolute Gasteiger partial charge is 0.0234 e. The standard InChI is InChI=1S/C16H24N2/c1-13(2)15-6-4-5-14(7-15)8-18-11-16(12-18)9-17(3)10-16/h4-7,13H,8-12H2,1-3H3. The second-order valence-corrected chi connectivity index (χ2v) is 6.72. The highest BCUT2D eigenvalue weighted by molar-refractivity contribution is 5.26. The van der Waals surface area contributed by atoms with E-state index in [-0.39, 0.29) is 0 Å². The van der Waals surface area contributed by atoms with Crippen molar-refractivity contribution in [3.63, 3.8) is 0 Å². The van der Waals surface area contributed by atoms with Gasteiger partial charge in [-0.15, -0.1) is 0 Å². The third-order valence-electron chi connectivity index (χ3n) is 4.35. The molecule has 3 rings (SSSR count). The summed E-state index contributed by atoms with van der Waals surface area (Å²) in [5, 5.41) is 0. The Morgan fingerprint density at radius 2 is 1.89 bits per heavy atom. The van der Waals surface area contributed by atoms with Gasteiger partial charge in [-0.2, -0.15) is 0 Å². The molecule has 0 amide bonds. The van der Waals surface area contributed by atoms with Gasteiger partial charge < -0.3 is 4.90 Å². The lowest BCUT2D eigenvalue weighted by molar-refractivity contribution is -0.107. The molecule has 2 nitrogen and oxygen atoms in total. The van der Waals surface area contributed by atoms with Crippen molar-refractivity contribution in [1.29, 1.82) is 0 Å². The fraction of sp³-hybridized carbons (Fsp3) is 0.625. The second kappa shape index (κ2) is 4.36. The van der Waals surface area contributed by atoms with E-state index in [0.717, 1.165) is 6.54 Å². The van der Waals surface area contributed by atoms with Crippen LogP contribution >= 0.6 is 0 Å². The van der Waals surface area contributed by atoms with Gasteiger partial charge in [0.1, 0.15) is 0 Å². The third-order valence-corrected chi connectivity index (χ3v) is 4.35. The quantitative estimate of drug-likeness (QED) is 0.806. The Hall–Kier alpha value is -0.860. The van der Waals surface area contributed by atoms with Crippen molar-refractivity contribution in [3.05, 3.63) is 35.4 Å². The molecule has 2 fully saturated rings. The summed E-state index contributed by atoms with van der Waals surface area (Å²) >= 11 is 0. The molecular formula is C16H24N2. The molecule has 2 heterocycles. The largest absolute Gasteiger partial charge is 0.305 e. The molecule has 0 atom stereocenters. The van der Waals surface area contributed by atoms with Gasteiger partial charge in [-0.3, -0.25) is 4.90 Å². The maximum atomic E-state index is 2.59. The van der Waals surface area contributed by atoms with E-state index in [9.17, 15) is 0 Å². The summed E-state index contributed by atoms with van der Waals surface area (Å²) in [7, 11) is 2.22. The van der Waals surface area contributed by atoms with Gasteiger partial charge in [0.15, 0.2) is 0 Å². The first-order valence-corrected chi connectivity index (χ1v) is 7.06. The fourth-order valence-corrected chi connectivity index (χ4v) is 3.62. The van der Waals surface area contributed by atoms with E-state index < -0.39 is 0 Å². The molecule has 0 N–H and O–H groups in total. The molecule has 0 unspecified atom stereocenters. The molecule has 0 bridgehead atoms. The van der Waals surface area contributed by atoms with E-state index >= 15 is 0 Å². The molecule has 98 valence electrons. The van der Waals surface area contributed by atoms with Crippen LogP contribution in [-0.2, 0) is 6.54 Å². The predicted octanol–water partition coefficient (Wildman–Crippen LogP) is 2.56. The number of rotatable bonds is 3. The van der Waals surface area contributed by atoms with E-state index in [4.69, 9.17) is 0 Å². The number of benzene rings is 1. The summed E-state index contributed by atoms with van der Waals surface area (Å²) in [5.74, 6) is 0.632. The van der Waals surface area contributed by atoms with Crippen LogP contribution in [0.25, 0.3) is 0 Å². The van der Waals surface area contributed by atoms with E-state index in [1.54, 1.807) is 0 Å². The van der Waals surface area contributed by atoms with Gasteiger partial charge in [-0.05, 0) is 24.1 Å². The highest BCUT2D eigenvalue weighted by atomic mass is 15.3. The van der Waals surface area contributed by atoms with Crippen molar-refractivity contribution in [2.24, 2.45) is 5.41 Å². The molecule has 0 aromatic heterocycles. The first kappa shape index (κ1) is 12.2. The summed E-state index contributed by atoms with van der Waals surface area (Å²) < 4.78 is 0. The van der Waals surface area contributed by atoms with Crippen molar-refractivity contribution in [3.8, 4) is 0 Å². The Morgan fingerprint density at radius 1 is 1.17 bits per heavy atom. The molecule has 18 heavy (non-hydrogen) atoms. The number of nitrogens with zero attached hydrogens (tertiary/aromatic N) is 2. The average molecular weight is 244 g/mol. The summed E-state index contributed by atoms with van der Waals surface area (Å²) in [6.45, 7) is 10.9. The highest BCUT2D eigenvalue weighted by Crippen LogP contribution is 2.39. The highest BCUT2D eigenvalue weighted by Gasteiger charge is 2.49. The Labute approximate surface area is 111 Å². The first-order chi connectivity index (χ1) is 8.56. The molecule has 2 aliphatic rings. The average Bonchev–Trinajstić information content (AvgIpc) is 2.24. The topological polar surface area (TPSA) is 6.48 Å². The minimum Gasteiger partial charge on any atom is -0.305 e. The van der Waals surface area contributed by atoms with E-state index in [2.05, 4.69) is 55.0 Å². The van der Waals surface area contributed by atoms with Gasteiger partial charge in [0.2, 0.25) is 0 Å². The monoisotopic (exact) mass is 244 g/mol. The van der Waals surface area contributed by atoms with Crippen molar-refractivity contribution in [1.82, 2.24) is 9.80 Å². The van der Waals surface area contributed by atoms with Gasteiger partial charge in [0.25, 0.3) is 0 Å². The number of hydrogen-bond acceptors (Lipinski definition) is 2. The number of likely N-dealkylation sites (tertiary alicyclic amines) is 2. The molecule has 2 saturated heterocycles. The van der Waals surface area contributed by atoms with Crippen LogP contribution < -0.4 is 0 Å². The van der Waals surface area contributed by atoms with Crippen LogP contribution in [0.5, 0.6) is 0 Å². The summed E-state index contributed by atoms with van der Waals surface area (Å²) in [6.07, 6.45) is 0. The minimum atomic E-state index is 0.632. The summed E-state index contributed by atoms with van der Waals surface area (Å²) in [5.41, 5.74) is 3.60. The lowest BCUT2D eigenvalue weighted by Crippen LogP contribution is -2.70. The number of hydrogen-bond donors (Lipinski definition) is 0. The Kier molecular flexibility index (Phi) is 2.95. The third kappa shape index (κ3) is 2.19. The zero-order valence-corrected chi connectivity index (χ0v) is 11.8. The molecule has 1 aromatic rings. The van der Waals surface area contributed by atoms with Crippen LogP contribution in [-0.4, -0.2) is 43.0 Å². The second-order valence-electron chi connectivity index (χ2n) is 6.72. The van der Waals surface area contributed by atoms with Gasteiger partial charge in [-0.25, -0.2) is 0 Å². The molecule has 1 spiro atoms. The minimum absolute atomic E-state index is 0.632. The Balaban J connectivity index is 1.56. The zero-order valence-electron chi connectivity index (χ0n) is 11.8. The van der Waals surface area contributed by atoms with Gasteiger partial charge >= 0.3 is 0 Å². The Morgan fingerprint density at radius 3 is 2.50 bits per heavy atom.